The van der Waals surface area contributed by atoms with Crippen LogP contribution in [0.1, 0.15) is 40.0 Å². The fourth-order valence-corrected chi connectivity index (χ4v) is 5.10. The van der Waals surface area contributed by atoms with Crippen LogP contribution in [0.2, 0.25) is 0 Å². The third-order valence-corrected chi connectivity index (χ3v) is 6.59. The molecule has 0 aromatic rings. The van der Waals surface area contributed by atoms with E-state index >= 15 is 0 Å². The summed E-state index contributed by atoms with van der Waals surface area (Å²) in [6.07, 6.45) is 4.10. The maximum absolute atomic E-state index is 12.2. The number of carbonyl (C=O) groups is 1. The van der Waals surface area contributed by atoms with Crippen molar-refractivity contribution < 1.29 is 19.4 Å². The Kier molecular flexibility index (Phi) is 1.89. The quantitative estimate of drug-likeness (QED) is 0.781. The van der Waals surface area contributed by atoms with E-state index in [2.05, 4.69) is 13.8 Å². The van der Waals surface area contributed by atoms with Gasteiger partial charge < -0.3 is 14.6 Å². The van der Waals surface area contributed by atoms with Gasteiger partial charge in [0, 0.05) is 17.3 Å². The number of carbonyl (C=O) groups excluding carboxylic acids is 1. The number of hydrogen-bond acceptors (Lipinski definition) is 4. The van der Waals surface area contributed by atoms with Crippen LogP contribution in [0.4, 0.5) is 0 Å². The summed E-state index contributed by atoms with van der Waals surface area (Å²) in [6, 6.07) is 0. The summed E-state index contributed by atoms with van der Waals surface area (Å²) in [4.78, 5) is 12.2. The van der Waals surface area contributed by atoms with Crippen molar-refractivity contribution in [3.63, 3.8) is 0 Å². The number of aliphatic hydroxyl groups excluding tert-OH is 1. The second-order valence-corrected chi connectivity index (χ2v) is 7.05. The average molecular weight is 264 g/mol. The van der Waals surface area contributed by atoms with Gasteiger partial charge in [0.25, 0.3) is 0 Å². The molecule has 1 saturated carbocycles. The van der Waals surface area contributed by atoms with Crippen LogP contribution >= 0.6 is 0 Å². The minimum Gasteiger partial charge on any atom is -0.393 e. The van der Waals surface area contributed by atoms with Gasteiger partial charge in [0.05, 0.1) is 12.7 Å². The van der Waals surface area contributed by atoms with Gasteiger partial charge in [0.1, 0.15) is 5.60 Å². The molecular weight excluding hydrogens is 244 g/mol. The fourth-order valence-electron chi connectivity index (χ4n) is 5.10. The summed E-state index contributed by atoms with van der Waals surface area (Å²) in [5.74, 6) is -0.644. The number of fused-ring (bicyclic) bond motifs is 1. The lowest BCUT2D eigenvalue weighted by Crippen LogP contribution is -2.61. The minimum absolute atomic E-state index is 0.0351. The monoisotopic (exact) mass is 264 g/mol. The number of ether oxygens (including phenoxy) is 2. The van der Waals surface area contributed by atoms with E-state index in [0.29, 0.717) is 6.42 Å². The molecule has 2 aliphatic carbocycles. The second-order valence-electron chi connectivity index (χ2n) is 7.05. The molecule has 4 rings (SSSR count). The SMILES string of the molecule is CC1=CC23OC4CCC(C)(C4(CO)O2)C3(C)CC1=O. The van der Waals surface area contributed by atoms with E-state index in [1.165, 1.54) is 0 Å². The van der Waals surface area contributed by atoms with E-state index in [1.54, 1.807) is 0 Å². The van der Waals surface area contributed by atoms with Gasteiger partial charge in [0.15, 0.2) is 11.6 Å². The molecule has 0 aromatic carbocycles. The largest absolute Gasteiger partial charge is 0.393 e. The fraction of sp³-hybridized carbons (Fsp3) is 0.800. The molecule has 104 valence electrons. The molecule has 5 atom stereocenters. The maximum atomic E-state index is 12.2. The lowest BCUT2D eigenvalue weighted by atomic mass is 9.53. The molecule has 4 heteroatoms. The van der Waals surface area contributed by atoms with Crippen LogP contribution < -0.4 is 0 Å². The minimum atomic E-state index is -0.816. The summed E-state index contributed by atoms with van der Waals surface area (Å²) >= 11 is 0. The third kappa shape index (κ3) is 0.920. The van der Waals surface area contributed by atoms with Gasteiger partial charge in [-0.2, -0.15) is 0 Å². The molecule has 3 fully saturated rings. The van der Waals surface area contributed by atoms with Crippen molar-refractivity contribution in [2.24, 2.45) is 10.8 Å². The van der Waals surface area contributed by atoms with Crippen molar-refractivity contribution >= 4 is 5.78 Å². The maximum Gasteiger partial charge on any atom is 0.196 e. The molecule has 0 aromatic heterocycles. The zero-order valence-electron chi connectivity index (χ0n) is 11.7. The van der Waals surface area contributed by atoms with Gasteiger partial charge in [-0.05, 0) is 31.4 Å². The molecule has 2 heterocycles. The van der Waals surface area contributed by atoms with Crippen LogP contribution in [-0.4, -0.2) is 35.0 Å². The predicted molar refractivity (Wildman–Crippen MR) is 67.3 cm³/mol. The molecular formula is C15H20O4. The Morgan fingerprint density at radius 1 is 1.42 bits per heavy atom. The van der Waals surface area contributed by atoms with Crippen LogP contribution in [0.5, 0.6) is 0 Å². The van der Waals surface area contributed by atoms with Crippen LogP contribution in [0.3, 0.4) is 0 Å². The molecule has 2 aliphatic heterocycles. The van der Waals surface area contributed by atoms with Crippen molar-refractivity contribution in [1.82, 2.24) is 0 Å². The lowest BCUT2D eigenvalue weighted by Gasteiger charge is -2.52. The zero-order chi connectivity index (χ0) is 13.7. The summed E-state index contributed by atoms with van der Waals surface area (Å²) < 4.78 is 12.5. The smallest absolute Gasteiger partial charge is 0.196 e. The Hall–Kier alpha value is -0.710. The van der Waals surface area contributed by atoms with Gasteiger partial charge in [-0.25, -0.2) is 0 Å². The Balaban J connectivity index is 2.00. The summed E-state index contributed by atoms with van der Waals surface area (Å²) in [7, 11) is 0. The Morgan fingerprint density at radius 3 is 2.84 bits per heavy atom. The van der Waals surface area contributed by atoms with E-state index in [-0.39, 0.29) is 29.3 Å². The Labute approximate surface area is 112 Å². The van der Waals surface area contributed by atoms with E-state index in [1.807, 2.05) is 13.0 Å². The number of aliphatic hydroxyl groups is 1. The predicted octanol–water partition coefficient (Wildman–Crippen LogP) is 1.57. The van der Waals surface area contributed by atoms with Gasteiger partial charge in [0.2, 0.25) is 0 Å². The Morgan fingerprint density at radius 2 is 2.16 bits per heavy atom. The molecule has 19 heavy (non-hydrogen) atoms. The highest BCUT2D eigenvalue weighted by Gasteiger charge is 2.85. The first-order valence-corrected chi connectivity index (χ1v) is 7.06. The van der Waals surface area contributed by atoms with E-state index in [9.17, 15) is 9.90 Å². The summed E-state index contributed by atoms with van der Waals surface area (Å²) in [5, 5.41) is 9.97. The van der Waals surface area contributed by atoms with Crippen molar-refractivity contribution in [3.05, 3.63) is 11.6 Å². The number of Topliss-reactive ketones (excluding diaryl/α,β-unsaturated/α-hetero) is 1. The molecule has 4 nitrogen and oxygen atoms in total. The molecule has 4 aliphatic rings. The van der Waals surface area contributed by atoms with Gasteiger partial charge in [-0.15, -0.1) is 0 Å². The summed E-state index contributed by atoms with van der Waals surface area (Å²) in [6.45, 7) is 6.04. The van der Waals surface area contributed by atoms with Gasteiger partial charge in [-0.3, -0.25) is 4.79 Å². The van der Waals surface area contributed by atoms with Crippen LogP contribution in [-0.2, 0) is 14.3 Å². The normalized spacial score (nSPS) is 58.4. The van der Waals surface area contributed by atoms with Gasteiger partial charge >= 0.3 is 0 Å². The molecule has 2 saturated heterocycles. The zero-order valence-corrected chi connectivity index (χ0v) is 11.7. The highest BCUT2D eigenvalue weighted by atomic mass is 16.8. The van der Waals surface area contributed by atoms with Gasteiger partial charge in [-0.1, -0.05) is 13.8 Å². The number of allylic oxidation sites excluding steroid dienone is 1. The number of hydrogen-bond donors (Lipinski definition) is 1. The second kappa shape index (κ2) is 2.97. The number of ketones is 1. The first kappa shape index (κ1) is 12.1. The van der Waals surface area contributed by atoms with E-state index in [4.69, 9.17) is 9.47 Å². The lowest BCUT2D eigenvalue weighted by molar-refractivity contribution is -0.199. The average Bonchev–Trinajstić information content (AvgIpc) is 2.84. The van der Waals surface area contributed by atoms with Crippen LogP contribution in [0.15, 0.2) is 11.6 Å². The van der Waals surface area contributed by atoms with E-state index in [0.717, 1.165) is 18.4 Å². The first-order valence-electron chi connectivity index (χ1n) is 7.06. The highest BCUT2D eigenvalue weighted by molar-refractivity contribution is 5.97. The van der Waals surface area contributed by atoms with Crippen LogP contribution in [0.25, 0.3) is 0 Å². The van der Waals surface area contributed by atoms with Crippen LogP contribution in [0, 0.1) is 10.8 Å². The molecule has 5 unspecified atom stereocenters. The number of rotatable bonds is 1. The topological polar surface area (TPSA) is 55.8 Å². The molecule has 1 spiro atoms. The van der Waals surface area contributed by atoms with Crippen molar-refractivity contribution in [2.75, 3.05) is 6.61 Å². The van der Waals surface area contributed by atoms with E-state index < -0.39 is 11.4 Å². The highest BCUT2D eigenvalue weighted by Crippen LogP contribution is 2.77. The third-order valence-electron chi connectivity index (χ3n) is 6.59. The molecule has 2 bridgehead atoms. The molecule has 1 N–H and O–H groups in total. The van der Waals surface area contributed by atoms with Crippen molar-refractivity contribution in [3.8, 4) is 0 Å². The molecule has 0 radical (unpaired) electrons. The van der Waals surface area contributed by atoms with Crippen molar-refractivity contribution in [1.29, 1.82) is 0 Å². The standard InChI is InChI=1S/C15H20O4/c1-9-6-15-13(3,7-10(9)17)12(2)5-4-11(18-15)14(12,8-16)19-15/h6,11,16H,4-5,7-8H2,1-3H3. The summed E-state index contributed by atoms with van der Waals surface area (Å²) in [5.41, 5.74) is -0.504. The molecule has 0 amide bonds. The Bertz CT molecular complexity index is 526. The first-order chi connectivity index (χ1) is 8.84. The van der Waals surface area contributed by atoms with Crippen molar-refractivity contribution in [2.45, 2.75) is 57.5 Å².